The number of urea groups is 1. The predicted octanol–water partition coefficient (Wildman–Crippen LogP) is 0.764. The van der Waals surface area contributed by atoms with Crippen LogP contribution in [0, 0.1) is 0 Å². The van der Waals surface area contributed by atoms with E-state index in [1.807, 2.05) is 0 Å². The second-order valence-electron chi connectivity index (χ2n) is 4.42. The molecular weight excluding hydrogens is 234 g/mol. The Balaban J connectivity index is 2.40. The van der Waals surface area contributed by atoms with Crippen LogP contribution in [0.1, 0.15) is 13.8 Å². The Morgan fingerprint density at radius 2 is 2.00 bits per heavy atom. The van der Waals surface area contributed by atoms with Crippen LogP contribution < -0.4 is 10.6 Å². The van der Waals surface area contributed by atoms with E-state index in [9.17, 15) is 14.7 Å². The molecule has 1 aliphatic rings. The number of aliphatic hydroxyl groups is 1. The molecule has 0 saturated carbocycles. The summed E-state index contributed by atoms with van der Waals surface area (Å²) in [6, 6.07) is 5.65. The van der Waals surface area contributed by atoms with Crippen molar-refractivity contribution in [1.82, 2.24) is 4.90 Å². The molecule has 0 spiro atoms. The molecule has 1 aromatic carbocycles. The second-order valence-corrected chi connectivity index (χ2v) is 4.42. The molecule has 1 aromatic rings. The molecule has 0 radical (unpaired) electrons. The number of carbonyl (C=O) groups is 2. The minimum atomic E-state index is -1.48. The third-order valence-electron chi connectivity index (χ3n) is 2.78. The number of hydrogen-bond acceptors (Lipinski definition) is 4. The topological polar surface area (TPSA) is 86.9 Å². The maximum absolute atomic E-state index is 12.1. The number of anilines is 2. The lowest BCUT2D eigenvalue weighted by atomic mass is 10.2. The van der Waals surface area contributed by atoms with Gasteiger partial charge >= 0.3 is 6.03 Å². The highest BCUT2D eigenvalue weighted by Crippen LogP contribution is 2.27. The molecule has 2 rings (SSSR count). The summed E-state index contributed by atoms with van der Waals surface area (Å²) in [7, 11) is 0. The van der Waals surface area contributed by atoms with Gasteiger partial charge in [0.1, 0.15) is 0 Å². The lowest BCUT2D eigenvalue weighted by Crippen LogP contribution is -2.38. The zero-order valence-electron chi connectivity index (χ0n) is 10.2. The molecule has 0 aliphatic carbocycles. The SMILES string of the molecule is CC(C)N1C(=O)C(O)N(c2cccc(N)c2)C1=O. The van der Waals surface area contributed by atoms with Crippen molar-refractivity contribution in [2.45, 2.75) is 26.1 Å². The van der Waals surface area contributed by atoms with Gasteiger partial charge in [-0.15, -0.1) is 0 Å². The predicted molar refractivity (Wildman–Crippen MR) is 66.7 cm³/mol. The molecular formula is C12H15N3O3. The number of nitrogen functional groups attached to an aromatic ring is 1. The average molecular weight is 249 g/mol. The van der Waals surface area contributed by atoms with E-state index in [1.54, 1.807) is 32.0 Å². The molecule has 3 N–H and O–H groups in total. The van der Waals surface area contributed by atoms with Gasteiger partial charge in [0.25, 0.3) is 5.91 Å². The largest absolute Gasteiger partial charge is 0.399 e. The van der Waals surface area contributed by atoms with Crippen LogP contribution >= 0.6 is 0 Å². The van der Waals surface area contributed by atoms with Gasteiger partial charge in [0.2, 0.25) is 6.23 Å². The first kappa shape index (κ1) is 12.4. The van der Waals surface area contributed by atoms with Gasteiger partial charge < -0.3 is 10.8 Å². The molecule has 96 valence electrons. The van der Waals surface area contributed by atoms with Crippen molar-refractivity contribution in [2.75, 3.05) is 10.6 Å². The smallest absolute Gasteiger partial charge is 0.334 e. The molecule has 6 heteroatoms. The Morgan fingerprint density at radius 1 is 1.33 bits per heavy atom. The molecule has 1 atom stereocenters. The summed E-state index contributed by atoms with van der Waals surface area (Å²) in [6.07, 6.45) is -1.48. The zero-order chi connectivity index (χ0) is 13.4. The summed E-state index contributed by atoms with van der Waals surface area (Å²) in [6.45, 7) is 3.43. The van der Waals surface area contributed by atoms with Crippen molar-refractivity contribution < 1.29 is 14.7 Å². The number of amides is 3. The molecule has 1 saturated heterocycles. The Hall–Kier alpha value is -2.08. The average Bonchev–Trinajstić information content (AvgIpc) is 2.50. The molecule has 1 unspecified atom stereocenters. The minimum absolute atomic E-state index is 0.300. The first-order chi connectivity index (χ1) is 8.43. The quantitative estimate of drug-likeness (QED) is 0.598. The van der Waals surface area contributed by atoms with Gasteiger partial charge in [-0.25, -0.2) is 4.79 Å². The van der Waals surface area contributed by atoms with Crippen LogP contribution in [0.15, 0.2) is 24.3 Å². The molecule has 3 amide bonds. The lowest BCUT2D eigenvalue weighted by Gasteiger charge is -2.20. The standard InChI is InChI=1S/C12H15N3O3/c1-7(2)14-10(16)11(17)15(12(14)18)9-5-3-4-8(13)6-9/h3-7,11,17H,13H2,1-2H3. The fraction of sp³-hybridized carbons (Fsp3) is 0.333. The Morgan fingerprint density at radius 3 is 2.50 bits per heavy atom. The van der Waals surface area contributed by atoms with Crippen LogP contribution in [0.25, 0.3) is 0 Å². The van der Waals surface area contributed by atoms with Crippen molar-refractivity contribution in [3.05, 3.63) is 24.3 Å². The monoisotopic (exact) mass is 249 g/mol. The van der Waals surface area contributed by atoms with Gasteiger partial charge in [0.05, 0.1) is 5.69 Å². The summed E-state index contributed by atoms with van der Waals surface area (Å²) >= 11 is 0. The summed E-state index contributed by atoms with van der Waals surface area (Å²) < 4.78 is 0. The van der Waals surface area contributed by atoms with Gasteiger partial charge in [-0.3, -0.25) is 14.6 Å². The van der Waals surface area contributed by atoms with Gasteiger partial charge in [-0.2, -0.15) is 0 Å². The van der Waals surface area contributed by atoms with Crippen LogP contribution in [-0.4, -0.2) is 34.2 Å². The van der Waals surface area contributed by atoms with Crippen LogP contribution in [0.4, 0.5) is 16.2 Å². The number of aliphatic hydroxyl groups excluding tert-OH is 1. The van der Waals surface area contributed by atoms with E-state index in [4.69, 9.17) is 5.73 Å². The van der Waals surface area contributed by atoms with Crippen LogP contribution in [0.3, 0.4) is 0 Å². The zero-order valence-corrected chi connectivity index (χ0v) is 10.2. The van der Waals surface area contributed by atoms with E-state index in [0.717, 1.165) is 9.80 Å². The fourth-order valence-corrected chi connectivity index (χ4v) is 1.95. The van der Waals surface area contributed by atoms with E-state index in [1.165, 1.54) is 6.07 Å². The number of carbonyl (C=O) groups excluding carboxylic acids is 2. The fourth-order valence-electron chi connectivity index (χ4n) is 1.95. The van der Waals surface area contributed by atoms with Crippen molar-refractivity contribution in [1.29, 1.82) is 0 Å². The van der Waals surface area contributed by atoms with E-state index in [0.29, 0.717) is 11.4 Å². The van der Waals surface area contributed by atoms with Gasteiger partial charge in [0, 0.05) is 11.7 Å². The van der Waals surface area contributed by atoms with E-state index >= 15 is 0 Å². The summed E-state index contributed by atoms with van der Waals surface area (Å²) in [5.74, 6) is -0.613. The summed E-state index contributed by atoms with van der Waals surface area (Å²) in [4.78, 5) is 26.0. The third-order valence-corrected chi connectivity index (χ3v) is 2.78. The molecule has 18 heavy (non-hydrogen) atoms. The van der Waals surface area contributed by atoms with Crippen molar-refractivity contribution in [3.8, 4) is 0 Å². The van der Waals surface area contributed by atoms with E-state index < -0.39 is 18.2 Å². The van der Waals surface area contributed by atoms with Crippen LogP contribution in [0.5, 0.6) is 0 Å². The molecule has 0 aromatic heterocycles. The third kappa shape index (κ3) is 1.80. The summed E-state index contributed by atoms with van der Waals surface area (Å²) in [5, 5.41) is 9.86. The van der Waals surface area contributed by atoms with Crippen LogP contribution in [-0.2, 0) is 4.79 Å². The highest BCUT2D eigenvalue weighted by atomic mass is 16.3. The highest BCUT2D eigenvalue weighted by molar-refractivity contribution is 6.13. The Kier molecular flexibility index (Phi) is 2.96. The number of nitrogens with two attached hydrogens (primary N) is 1. The minimum Gasteiger partial charge on any atom is -0.399 e. The van der Waals surface area contributed by atoms with Gasteiger partial charge in [-0.1, -0.05) is 6.07 Å². The lowest BCUT2D eigenvalue weighted by molar-refractivity contribution is -0.134. The summed E-state index contributed by atoms with van der Waals surface area (Å²) in [5.41, 5.74) is 6.50. The van der Waals surface area contributed by atoms with E-state index in [2.05, 4.69) is 0 Å². The van der Waals surface area contributed by atoms with Crippen molar-refractivity contribution in [3.63, 3.8) is 0 Å². The first-order valence-electron chi connectivity index (χ1n) is 5.63. The molecule has 6 nitrogen and oxygen atoms in total. The van der Waals surface area contributed by atoms with Crippen LogP contribution in [0.2, 0.25) is 0 Å². The maximum Gasteiger partial charge on any atom is 0.334 e. The highest BCUT2D eigenvalue weighted by Gasteiger charge is 2.46. The Labute approximate surface area is 105 Å². The molecule has 1 fully saturated rings. The number of nitrogens with zero attached hydrogens (tertiary/aromatic N) is 2. The normalized spacial score (nSPS) is 20.1. The first-order valence-corrected chi connectivity index (χ1v) is 5.63. The molecule has 1 heterocycles. The number of imide groups is 1. The van der Waals surface area contributed by atoms with E-state index in [-0.39, 0.29) is 6.04 Å². The Bertz CT molecular complexity index is 501. The second kappa shape index (κ2) is 4.30. The molecule has 0 bridgehead atoms. The number of rotatable bonds is 2. The number of hydrogen-bond donors (Lipinski definition) is 2. The maximum atomic E-state index is 12.1. The molecule has 1 aliphatic heterocycles. The van der Waals surface area contributed by atoms with Crippen molar-refractivity contribution in [2.24, 2.45) is 0 Å². The van der Waals surface area contributed by atoms with Gasteiger partial charge in [-0.05, 0) is 32.0 Å². The number of benzene rings is 1. The van der Waals surface area contributed by atoms with Gasteiger partial charge in [0.15, 0.2) is 0 Å². The van der Waals surface area contributed by atoms with Crippen molar-refractivity contribution >= 4 is 23.3 Å².